The number of anilines is 6. The first-order valence-corrected chi connectivity index (χ1v) is 25.8. The van der Waals surface area contributed by atoms with E-state index in [1.165, 1.54) is 10.9 Å². The second-order valence-electron chi connectivity index (χ2n) is 17.5. The minimum absolute atomic E-state index is 0.0120. The number of hydrogen-bond donors (Lipinski definition) is 8. The van der Waals surface area contributed by atoms with E-state index in [4.69, 9.17) is 11.5 Å². The van der Waals surface area contributed by atoms with Crippen LogP contribution in [0.25, 0.3) is 23.3 Å². The molecule has 0 bridgehead atoms. The minimum atomic E-state index is -4.10. The normalized spacial score (nSPS) is 11.7. The third-order valence-electron chi connectivity index (χ3n) is 11.9. The summed E-state index contributed by atoms with van der Waals surface area (Å²) < 4.78 is 33.8. The Morgan fingerprint density at radius 3 is 1.56 bits per heavy atom. The number of aromatic carboxylic acids is 2. The third kappa shape index (κ3) is 11.5. The number of aryl methyl sites for hydroxylation is 3. The Bertz CT molecular complexity index is 4150. The lowest BCUT2D eigenvalue weighted by Crippen LogP contribution is -2.10. The summed E-state index contributed by atoms with van der Waals surface area (Å²) in [6.45, 7) is 3.20. The number of benzene rings is 4. The van der Waals surface area contributed by atoms with Crippen LogP contribution in [0.3, 0.4) is 0 Å². The number of aromatic hydroxyl groups is 2. The molecule has 6 heterocycles. The highest BCUT2D eigenvalue weighted by atomic mass is 32.2. The zero-order chi connectivity index (χ0) is 57.0. The molecule has 0 amide bonds. The molecule has 10 rings (SSSR count). The molecule has 0 saturated carbocycles. The molecular formula is C50H44N22O8S. The molecule has 408 valence electrons. The second kappa shape index (κ2) is 22.3. The van der Waals surface area contributed by atoms with E-state index in [2.05, 4.69) is 81.4 Å². The number of sulfone groups is 1. The zero-order valence-electron chi connectivity index (χ0n) is 42.4. The lowest BCUT2D eigenvalue weighted by atomic mass is 10.1. The number of aromatic nitrogens is 14. The van der Waals surface area contributed by atoms with Gasteiger partial charge in [-0.25, -0.2) is 27.4 Å². The summed E-state index contributed by atoms with van der Waals surface area (Å²) in [6.07, 6.45) is 3.62. The molecule has 30 nitrogen and oxygen atoms in total. The van der Waals surface area contributed by atoms with Gasteiger partial charge in [-0.1, -0.05) is 54.6 Å². The van der Waals surface area contributed by atoms with Gasteiger partial charge < -0.3 is 42.5 Å². The number of carboxylic acids is 2. The highest BCUT2D eigenvalue weighted by molar-refractivity contribution is 7.91. The number of carboxylic acid groups (broad SMARTS) is 2. The van der Waals surface area contributed by atoms with E-state index in [0.717, 1.165) is 27.6 Å². The van der Waals surface area contributed by atoms with Crippen LogP contribution in [0.2, 0.25) is 0 Å². The second-order valence-corrected chi connectivity index (χ2v) is 19.6. The number of hydrogen-bond acceptors (Lipinski definition) is 24. The van der Waals surface area contributed by atoms with Gasteiger partial charge >= 0.3 is 24.0 Å². The standard InChI is InChI=1S/C50H44N22O8S/c1-27-37(39(51)71(67-27)48-58-46(60-50(78)62-48)56-33-23-30(43(73)74)22-31(24-33)44(75)76)63-65-41-29(25-53-69(41)34-17-8-4-9-18-34)14-12-13-21-81(79,80)36-26-54-70(35-19-10-5-11-20-35)42(36)66-64-38-28(2)68-72(40(38)52)47-57-45(59-49(77)61-47)55-32-15-6-3-7-16-32/h3-11,15-20,22-26H,12-14,21,51-52H2,1-2H3,(H,73,74)(H,75,76)(H2,55,57,59,61,77)(H2,56,58,60,62,78). The molecular weight excluding hydrogens is 1070 g/mol. The van der Waals surface area contributed by atoms with Crippen LogP contribution in [0.15, 0.2) is 147 Å². The summed E-state index contributed by atoms with van der Waals surface area (Å²) >= 11 is 0. The molecule has 0 radical (unpaired) electrons. The van der Waals surface area contributed by atoms with Crippen LogP contribution in [0.5, 0.6) is 12.0 Å². The molecule has 81 heavy (non-hydrogen) atoms. The van der Waals surface area contributed by atoms with Crippen LogP contribution in [-0.4, -0.2) is 116 Å². The van der Waals surface area contributed by atoms with Gasteiger partial charge in [0.25, 0.3) is 11.9 Å². The zero-order valence-corrected chi connectivity index (χ0v) is 43.2. The van der Waals surface area contributed by atoms with Crippen molar-refractivity contribution in [3.8, 4) is 35.3 Å². The summed E-state index contributed by atoms with van der Waals surface area (Å²) in [5, 5.41) is 81.4. The predicted molar refractivity (Wildman–Crippen MR) is 289 cm³/mol. The summed E-state index contributed by atoms with van der Waals surface area (Å²) in [5.41, 5.74) is 15.5. The van der Waals surface area contributed by atoms with Crippen molar-refractivity contribution in [2.24, 2.45) is 20.5 Å². The molecule has 0 spiro atoms. The molecule has 0 unspecified atom stereocenters. The molecule has 0 aliphatic rings. The highest BCUT2D eigenvalue weighted by Gasteiger charge is 2.27. The maximum atomic E-state index is 14.3. The monoisotopic (exact) mass is 1110 g/mol. The van der Waals surface area contributed by atoms with E-state index >= 15 is 0 Å². The summed E-state index contributed by atoms with van der Waals surface area (Å²) in [7, 11) is -4.10. The largest absolute Gasteiger partial charge is 0.479 e. The van der Waals surface area contributed by atoms with Crippen molar-refractivity contribution in [3.63, 3.8) is 0 Å². The van der Waals surface area contributed by atoms with Crippen LogP contribution < -0.4 is 22.1 Å². The van der Waals surface area contributed by atoms with Gasteiger partial charge in [-0.3, -0.25) is 0 Å². The molecule has 4 aromatic carbocycles. The van der Waals surface area contributed by atoms with Crippen LogP contribution >= 0.6 is 0 Å². The van der Waals surface area contributed by atoms with Crippen molar-refractivity contribution in [2.45, 2.75) is 38.0 Å². The number of azo groups is 2. The molecule has 0 atom stereocenters. The van der Waals surface area contributed by atoms with E-state index in [0.29, 0.717) is 41.3 Å². The lowest BCUT2D eigenvalue weighted by Gasteiger charge is -2.09. The molecule has 0 saturated heterocycles. The molecule has 10 N–H and O–H groups in total. The predicted octanol–water partition coefficient (Wildman–Crippen LogP) is 7.50. The number of nitrogens with one attached hydrogen (secondary N) is 2. The maximum Gasteiger partial charge on any atom is 0.335 e. The van der Waals surface area contributed by atoms with Gasteiger partial charge in [0.05, 0.1) is 52.0 Å². The van der Waals surface area contributed by atoms with Gasteiger partial charge in [-0.15, -0.1) is 20.5 Å². The molecule has 6 aromatic heterocycles. The van der Waals surface area contributed by atoms with Crippen molar-refractivity contribution in [2.75, 3.05) is 27.9 Å². The average Bonchev–Trinajstić information content (AvgIpc) is 4.29. The number of unbranched alkanes of at least 4 members (excludes halogenated alkanes) is 1. The first-order valence-electron chi connectivity index (χ1n) is 24.1. The quantitative estimate of drug-likeness (QED) is 0.0270. The fourth-order valence-corrected chi connectivity index (χ4v) is 9.50. The first-order chi connectivity index (χ1) is 39.0. The first kappa shape index (κ1) is 53.0. The topological polar surface area (TPSA) is 423 Å². The third-order valence-corrected chi connectivity index (χ3v) is 13.7. The fraction of sp³-hybridized carbons (Fsp3) is 0.120. The Hall–Kier alpha value is -11.4. The highest BCUT2D eigenvalue weighted by Crippen LogP contribution is 2.36. The van der Waals surface area contributed by atoms with Gasteiger partial charge in [0.15, 0.2) is 44.5 Å². The molecule has 0 aliphatic heterocycles. The van der Waals surface area contributed by atoms with Crippen LogP contribution in [0.1, 0.15) is 50.5 Å². The maximum absolute atomic E-state index is 14.3. The Labute approximate surface area is 456 Å². The molecule has 10 aromatic rings. The van der Waals surface area contributed by atoms with Crippen molar-refractivity contribution in [1.82, 2.24) is 69.0 Å². The summed E-state index contributed by atoms with van der Waals surface area (Å²) in [5.74, 6) is -3.78. The van der Waals surface area contributed by atoms with Gasteiger partial charge in [0.2, 0.25) is 11.9 Å². The van der Waals surface area contributed by atoms with E-state index in [9.17, 15) is 38.4 Å². The molecule has 0 fully saturated rings. The number of nitrogens with two attached hydrogens (primary N) is 2. The van der Waals surface area contributed by atoms with Gasteiger partial charge in [-0.05, 0) is 87.7 Å². The Kier molecular flexibility index (Phi) is 14.6. The molecule has 31 heteroatoms. The minimum Gasteiger partial charge on any atom is -0.479 e. The van der Waals surface area contributed by atoms with Crippen molar-refractivity contribution in [1.29, 1.82) is 0 Å². The number of para-hydroxylation sites is 3. The summed E-state index contributed by atoms with van der Waals surface area (Å²) in [4.78, 5) is 47.6. The van der Waals surface area contributed by atoms with Crippen LogP contribution in [-0.2, 0) is 16.3 Å². The lowest BCUT2D eigenvalue weighted by molar-refractivity contribution is 0.0696. The van der Waals surface area contributed by atoms with Crippen LogP contribution in [0, 0.1) is 13.8 Å². The number of nitrogens with zero attached hydrogens (tertiary/aromatic N) is 18. The van der Waals surface area contributed by atoms with Gasteiger partial charge in [-0.2, -0.15) is 59.7 Å². The van der Waals surface area contributed by atoms with Crippen molar-refractivity contribution < 1.29 is 38.4 Å². The Balaban J connectivity index is 0.884. The van der Waals surface area contributed by atoms with Gasteiger partial charge in [0, 0.05) is 16.9 Å². The summed E-state index contributed by atoms with van der Waals surface area (Å²) in [6, 6.07) is 28.8. The van der Waals surface area contributed by atoms with E-state index in [1.807, 2.05) is 48.5 Å². The number of nitrogen functional groups attached to an aromatic ring is 2. The van der Waals surface area contributed by atoms with Crippen LogP contribution in [0.4, 0.5) is 57.9 Å². The van der Waals surface area contributed by atoms with Gasteiger partial charge in [0.1, 0.15) is 4.90 Å². The van der Waals surface area contributed by atoms with Crippen molar-refractivity contribution >= 4 is 79.7 Å². The van der Waals surface area contributed by atoms with E-state index < -0.39 is 33.8 Å². The number of carbonyl (C=O) groups is 2. The molecule has 0 aliphatic carbocycles. The fourth-order valence-electron chi connectivity index (χ4n) is 8.09. The van der Waals surface area contributed by atoms with Crippen molar-refractivity contribution in [3.05, 3.63) is 150 Å². The smallest absolute Gasteiger partial charge is 0.335 e. The average molecular weight is 1110 g/mol. The number of rotatable bonds is 20. The van der Waals surface area contributed by atoms with E-state index in [1.54, 1.807) is 67.2 Å². The Morgan fingerprint density at radius 1 is 0.568 bits per heavy atom. The SMILES string of the molecule is Cc1nn(-c2nc(O)nc(Nc3cc(C(=O)O)cc(C(=O)O)c3)n2)c(N)c1N=Nc1c(CCCCS(=O)(=O)c2cnn(-c3ccccc3)c2N=Nc2c(C)nn(-c3nc(O)nc(Nc4ccccc4)n3)c2N)cnn1-c1ccccc1. The Morgan fingerprint density at radius 2 is 1.04 bits per heavy atom. The van der Waals surface area contributed by atoms with E-state index in [-0.39, 0.29) is 97.9 Å².